The first kappa shape index (κ1) is 15.8. The molecule has 104 valence electrons. The third-order valence-corrected chi connectivity index (χ3v) is 3.87. The van der Waals surface area contributed by atoms with E-state index >= 15 is 0 Å². The Balaban J connectivity index is 0.000000216. The summed E-state index contributed by atoms with van der Waals surface area (Å²) in [6.07, 6.45) is 1.47. The molecular formula is C19H28. The maximum atomic E-state index is 2.30. The van der Waals surface area contributed by atoms with Gasteiger partial charge in [0.15, 0.2) is 0 Å². The summed E-state index contributed by atoms with van der Waals surface area (Å²) in [5, 5.41) is 2.75. The fourth-order valence-electron chi connectivity index (χ4n) is 2.11. The zero-order valence-electron chi connectivity index (χ0n) is 13.3. The van der Waals surface area contributed by atoms with Gasteiger partial charge in [-0.15, -0.1) is 0 Å². The largest absolute Gasteiger partial charge is 0.0683 e. The van der Waals surface area contributed by atoms with Crippen LogP contribution in [0.4, 0.5) is 0 Å². The Bertz CT molecular complexity index is 464. The van der Waals surface area contributed by atoms with Crippen molar-refractivity contribution in [3.05, 3.63) is 47.5 Å². The molecule has 1 aliphatic rings. The first-order valence-electron chi connectivity index (χ1n) is 7.54. The van der Waals surface area contributed by atoms with Crippen molar-refractivity contribution in [3.8, 4) is 0 Å². The smallest absolute Gasteiger partial charge is 0.0152 e. The number of hydrogen-bond acceptors (Lipinski definition) is 0. The SMILES string of the molecule is CC.CC1CC1C.Cc1ccc(C)c2ccccc12. The summed E-state index contributed by atoms with van der Waals surface area (Å²) in [5.74, 6) is 2.10. The van der Waals surface area contributed by atoms with Crippen LogP contribution < -0.4 is 0 Å². The summed E-state index contributed by atoms with van der Waals surface area (Å²) in [6, 6.07) is 12.9. The molecule has 19 heavy (non-hydrogen) atoms. The van der Waals surface area contributed by atoms with Crippen molar-refractivity contribution in [1.29, 1.82) is 0 Å². The van der Waals surface area contributed by atoms with Crippen molar-refractivity contribution in [3.63, 3.8) is 0 Å². The monoisotopic (exact) mass is 256 g/mol. The Morgan fingerprint density at radius 2 is 1.05 bits per heavy atom. The van der Waals surface area contributed by atoms with Crippen molar-refractivity contribution in [2.75, 3.05) is 0 Å². The highest BCUT2D eigenvalue weighted by molar-refractivity contribution is 5.88. The first-order chi connectivity index (χ1) is 9.09. The van der Waals surface area contributed by atoms with Gasteiger partial charge in [-0.3, -0.25) is 0 Å². The first-order valence-corrected chi connectivity index (χ1v) is 7.54. The fraction of sp³-hybridized carbons (Fsp3) is 0.474. The molecule has 2 atom stereocenters. The van der Waals surface area contributed by atoms with E-state index in [0.717, 1.165) is 11.8 Å². The molecule has 0 amide bonds. The Labute approximate surface area is 118 Å². The van der Waals surface area contributed by atoms with Gasteiger partial charge in [0.2, 0.25) is 0 Å². The van der Waals surface area contributed by atoms with Crippen LogP contribution in [0.3, 0.4) is 0 Å². The maximum absolute atomic E-state index is 2.30. The van der Waals surface area contributed by atoms with Crippen LogP contribution >= 0.6 is 0 Å². The van der Waals surface area contributed by atoms with E-state index in [1.165, 1.54) is 28.3 Å². The standard InChI is InChI=1S/C12H12.C5H10.C2H6/c1-9-7-8-10(2)12-6-4-3-5-11(9)12;1-4-3-5(4)2;1-2/h3-8H,1-2H3;4-5H,3H2,1-2H3;1-2H3. The van der Waals surface area contributed by atoms with Gasteiger partial charge in [-0.25, -0.2) is 0 Å². The van der Waals surface area contributed by atoms with Crippen molar-refractivity contribution in [2.45, 2.75) is 48.0 Å². The normalized spacial score (nSPS) is 19.9. The second-order valence-corrected chi connectivity index (χ2v) is 5.44. The molecule has 0 heterocycles. The molecule has 1 saturated carbocycles. The van der Waals surface area contributed by atoms with Gasteiger partial charge in [0, 0.05) is 0 Å². The molecule has 0 radical (unpaired) electrons. The maximum Gasteiger partial charge on any atom is -0.0152 e. The molecule has 1 fully saturated rings. The lowest BCUT2D eigenvalue weighted by atomic mass is 10.0. The molecule has 0 aliphatic heterocycles. The minimum atomic E-state index is 1.05. The Morgan fingerprint density at radius 3 is 1.32 bits per heavy atom. The molecule has 0 bridgehead atoms. The van der Waals surface area contributed by atoms with Gasteiger partial charge in [-0.2, -0.15) is 0 Å². The van der Waals surface area contributed by atoms with E-state index in [2.05, 4.69) is 64.1 Å². The van der Waals surface area contributed by atoms with Crippen LogP contribution in [-0.2, 0) is 0 Å². The van der Waals surface area contributed by atoms with E-state index in [9.17, 15) is 0 Å². The number of rotatable bonds is 0. The highest BCUT2D eigenvalue weighted by Gasteiger charge is 2.26. The second kappa shape index (κ2) is 7.33. The van der Waals surface area contributed by atoms with Crippen molar-refractivity contribution >= 4 is 10.8 Å². The molecular weight excluding hydrogens is 228 g/mol. The van der Waals surface area contributed by atoms with Crippen LogP contribution in [0.2, 0.25) is 0 Å². The molecule has 1 aliphatic carbocycles. The lowest BCUT2D eigenvalue weighted by Gasteiger charge is -2.03. The van der Waals surface area contributed by atoms with E-state index in [4.69, 9.17) is 0 Å². The summed E-state index contributed by atoms with van der Waals surface area (Å²) in [4.78, 5) is 0. The topological polar surface area (TPSA) is 0 Å². The van der Waals surface area contributed by atoms with Gasteiger partial charge < -0.3 is 0 Å². The molecule has 0 saturated heterocycles. The van der Waals surface area contributed by atoms with E-state index < -0.39 is 0 Å². The zero-order valence-corrected chi connectivity index (χ0v) is 13.3. The van der Waals surface area contributed by atoms with Crippen LogP contribution in [-0.4, -0.2) is 0 Å². The van der Waals surface area contributed by atoms with E-state index in [1.807, 2.05) is 13.8 Å². The third-order valence-electron chi connectivity index (χ3n) is 3.87. The number of benzene rings is 2. The minimum Gasteiger partial charge on any atom is -0.0683 e. The predicted molar refractivity (Wildman–Crippen MR) is 87.7 cm³/mol. The average molecular weight is 256 g/mol. The third kappa shape index (κ3) is 4.38. The highest BCUT2D eigenvalue weighted by atomic mass is 14.3. The average Bonchev–Trinajstić information content (AvgIpc) is 3.10. The number of fused-ring (bicyclic) bond motifs is 1. The van der Waals surface area contributed by atoms with Crippen molar-refractivity contribution in [2.24, 2.45) is 11.8 Å². The highest BCUT2D eigenvalue weighted by Crippen LogP contribution is 2.36. The Morgan fingerprint density at radius 1 is 0.737 bits per heavy atom. The number of hydrogen-bond donors (Lipinski definition) is 0. The zero-order chi connectivity index (χ0) is 14.4. The van der Waals surface area contributed by atoms with Crippen LogP contribution in [0, 0.1) is 25.7 Å². The lowest BCUT2D eigenvalue weighted by Crippen LogP contribution is -1.80. The van der Waals surface area contributed by atoms with Crippen molar-refractivity contribution < 1.29 is 0 Å². The van der Waals surface area contributed by atoms with Crippen LogP contribution in [0.15, 0.2) is 36.4 Å². The quantitative estimate of drug-likeness (QED) is 0.530. The Hall–Kier alpha value is -1.30. The van der Waals surface area contributed by atoms with Gasteiger partial charge >= 0.3 is 0 Å². The van der Waals surface area contributed by atoms with Crippen molar-refractivity contribution in [1.82, 2.24) is 0 Å². The predicted octanol–water partition coefficient (Wildman–Crippen LogP) is 6.15. The Kier molecular flexibility index (Phi) is 6.08. The molecule has 2 unspecified atom stereocenters. The van der Waals surface area contributed by atoms with Crippen LogP contribution in [0.25, 0.3) is 10.8 Å². The molecule has 0 spiro atoms. The second-order valence-electron chi connectivity index (χ2n) is 5.44. The molecule has 0 aromatic heterocycles. The van der Waals surface area contributed by atoms with E-state index in [-0.39, 0.29) is 0 Å². The van der Waals surface area contributed by atoms with Crippen LogP contribution in [0.1, 0.15) is 45.2 Å². The molecule has 0 nitrogen and oxygen atoms in total. The molecule has 0 N–H and O–H groups in total. The molecule has 2 aromatic carbocycles. The van der Waals surface area contributed by atoms with Gasteiger partial charge in [0.05, 0.1) is 0 Å². The summed E-state index contributed by atoms with van der Waals surface area (Å²) in [7, 11) is 0. The van der Waals surface area contributed by atoms with Gasteiger partial charge in [-0.1, -0.05) is 64.1 Å². The van der Waals surface area contributed by atoms with Crippen LogP contribution in [0.5, 0.6) is 0 Å². The summed E-state index contributed by atoms with van der Waals surface area (Å²) in [6.45, 7) is 12.9. The summed E-state index contributed by atoms with van der Waals surface area (Å²) in [5.41, 5.74) is 2.72. The van der Waals surface area contributed by atoms with E-state index in [1.54, 1.807) is 0 Å². The number of aryl methyl sites for hydroxylation is 2. The molecule has 2 aromatic rings. The van der Waals surface area contributed by atoms with E-state index in [0.29, 0.717) is 0 Å². The summed E-state index contributed by atoms with van der Waals surface area (Å²) >= 11 is 0. The van der Waals surface area contributed by atoms with Gasteiger partial charge in [0.1, 0.15) is 0 Å². The van der Waals surface area contributed by atoms with Gasteiger partial charge in [-0.05, 0) is 54.0 Å². The lowest BCUT2D eigenvalue weighted by molar-refractivity contribution is 0.834. The minimum absolute atomic E-state index is 1.05. The molecule has 3 rings (SSSR count). The van der Waals surface area contributed by atoms with Gasteiger partial charge in [0.25, 0.3) is 0 Å². The molecule has 0 heteroatoms. The summed E-state index contributed by atoms with van der Waals surface area (Å²) < 4.78 is 0. The fourth-order valence-corrected chi connectivity index (χ4v) is 2.11.